The Kier molecular flexibility index (Phi) is 4.30. The van der Waals surface area contributed by atoms with Crippen LogP contribution in [0.5, 0.6) is 0 Å². The predicted octanol–water partition coefficient (Wildman–Crippen LogP) is 1.67. The van der Waals surface area contributed by atoms with Crippen molar-refractivity contribution in [1.82, 2.24) is 10.3 Å². The van der Waals surface area contributed by atoms with Crippen LogP contribution in [0.2, 0.25) is 0 Å². The lowest BCUT2D eigenvalue weighted by Gasteiger charge is -2.04. The second-order valence-corrected chi connectivity index (χ2v) is 4.10. The van der Waals surface area contributed by atoms with E-state index in [0.717, 1.165) is 0 Å². The fourth-order valence-electron chi connectivity index (χ4n) is 1.10. The van der Waals surface area contributed by atoms with Gasteiger partial charge in [0.05, 0.1) is 11.1 Å². The van der Waals surface area contributed by atoms with Crippen molar-refractivity contribution >= 4 is 23.2 Å². The summed E-state index contributed by atoms with van der Waals surface area (Å²) in [4.78, 5) is 23.8. The number of carbonyl (C=O) groups excluding carboxylic acids is 1. The number of rotatable bonds is 5. The Labute approximate surface area is 97.1 Å². The maximum atomic E-state index is 11.5. The van der Waals surface area contributed by atoms with E-state index in [1.54, 1.807) is 0 Å². The summed E-state index contributed by atoms with van der Waals surface area (Å²) in [5.74, 6) is -0.370. The maximum Gasteiger partial charge on any atom is 0.287 e. The Morgan fingerprint density at radius 2 is 2.44 bits per heavy atom. The zero-order valence-corrected chi connectivity index (χ0v) is 9.45. The minimum atomic E-state index is -0.561. The summed E-state index contributed by atoms with van der Waals surface area (Å²) < 4.78 is 0. The Balaban J connectivity index is 2.50. The minimum absolute atomic E-state index is 0.0155. The molecule has 0 spiro atoms. The molecule has 6 nitrogen and oxygen atoms in total. The molecule has 7 heteroatoms. The van der Waals surface area contributed by atoms with E-state index in [4.69, 9.17) is 11.6 Å². The highest BCUT2D eigenvalue weighted by Crippen LogP contribution is 2.11. The first kappa shape index (κ1) is 12.5. The molecule has 1 unspecified atom stereocenters. The van der Waals surface area contributed by atoms with E-state index in [9.17, 15) is 14.9 Å². The van der Waals surface area contributed by atoms with Gasteiger partial charge in [0.2, 0.25) is 0 Å². The molecule has 0 aliphatic carbocycles. The van der Waals surface area contributed by atoms with Gasteiger partial charge < -0.3 is 10.3 Å². The molecular formula is C9H12ClN3O3. The smallest absolute Gasteiger partial charge is 0.287 e. The van der Waals surface area contributed by atoms with Crippen molar-refractivity contribution in [3.05, 3.63) is 28.1 Å². The number of aromatic nitrogens is 1. The van der Waals surface area contributed by atoms with Gasteiger partial charge in [0.15, 0.2) is 0 Å². The number of aromatic amines is 1. The van der Waals surface area contributed by atoms with Gasteiger partial charge in [0.25, 0.3) is 11.6 Å². The normalized spacial score (nSPS) is 12.1. The zero-order valence-electron chi connectivity index (χ0n) is 8.70. The molecule has 0 saturated carbocycles. The van der Waals surface area contributed by atoms with Crippen LogP contribution in [0.15, 0.2) is 12.3 Å². The van der Waals surface area contributed by atoms with Crippen LogP contribution in [0.25, 0.3) is 0 Å². The first-order chi connectivity index (χ1) is 7.50. The monoisotopic (exact) mass is 245 g/mol. The van der Waals surface area contributed by atoms with Crippen molar-refractivity contribution in [1.29, 1.82) is 0 Å². The molecule has 0 bridgehead atoms. The lowest BCUT2D eigenvalue weighted by Crippen LogP contribution is -2.25. The van der Waals surface area contributed by atoms with E-state index in [1.165, 1.54) is 12.3 Å². The van der Waals surface area contributed by atoms with Crippen LogP contribution in [-0.2, 0) is 0 Å². The molecule has 0 aliphatic rings. The van der Waals surface area contributed by atoms with Crippen molar-refractivity contribution in [2.24, 2.45) is 0 Å². The third-order valence-electron chi connectivity index (χ3n) is 1.95. The topological polar surface area (TPSA) is 88.0 Å². The second kappa shape index (κ2) is 5.50. The number of nitrogens with zero attached hydrogens (tertiary/aromatic N) is 1. The SMILES string of the molecule is CC(Cl)CCNC(=O)c1cc([N+](=O)[O-])c[nH]1. The summed E-state index contributed by atoms with van der Waals surface area (Å²) in [5.41, 5.74) is 0.0461. The second-order valence-electron chi connectivity index (χ2n) is 3.35. The Bertz CT molecular complexity index is 389. The molecule has 2 N–H and O–H groups in total. The summed E-state index contributed by atoms with van der Waals surface area (Å²) >= 11 is 5.70. The highest BCUT2D eigenvalue weighted by atomic mass is 35.5. The molecule has 0 fully saturated rings. The molecule has 1 heterocycles. The Morgan fingerprint density at radius 3 is 2.94 bits per heavy atom. The van der Waals surface area contributed by atoms with E-state index in [-0.39, 0.29) is 22.7 Å². The van der Waals surface area contributed by atoms with E-state index in [1.807, 2.05) is 6.92 Å². The van der Waals surface area contributed by atoms with Gasteiger partial charge >= 0.3 is 0 Å². The zero-order chi connectivity index (χ0) is 12.1. The third-order valence-corrected chi connectivity index (χ3v) is 2.17. The van der Waals surface area contributed by atoms with Gasteiger partial charge in [-0.25, -0.2) is 0 Å². The average molecular weight is 246 g/mol. The van der Waals surface area contributed by atoms with E-state index < -0.39 is 4.92 Å². The van der Waals surface area contributed by atoms with Crippen LogP contribution in [0.1, 0.15) is 23.8 Å². The lowest BCUT2D eigenvalue weighted by molar-refractivity contribution is -0.384. The van der Waals surface area contributed by atoms with Crippen LogP contribution in [-0.4, -0.2) is 27.7 Å². The highest BCUT2D eigenvalue weighted by molar-refractivity contribution is 6.20. The van der Waals surface area contributed by atoms with E-state index in [0.29, 0.717) is 13.0 Å². The van der Waals surface area contributed by atoms with Gasteiger partial charge in [-0.15, -0.1) is 11.6 Å². The summed E-state index contributed by atoms with van der Waals surface area (Å²) in [6.45, 7) is 2.27. The predicted molar refractivity (Wildman–Crippen MR) is 59.7 cm³/mol. The maximum absolute atomic E-state index is 11.5. The molecule has 1 aromatic rings. The molecular weight excluding hydrogens is 234 g/mol. The number of nitrogens with one attached hydrogen (secondary N) is 2. The molecule has 1 atom stereocenters. The third kappa shape index (κ3) is 3.54. The molecule has 16 heavy (non-hydrogen) atoms. The molecule has 0 aliphatic heterocycles. The van der Waals surface area contributed by atoms with Crippen molar-refractivity contribution < 1.29 is 9.72 Å². The van der Waals surface area contributed by atoms with Gasteiger partial charge in [-0.1, -0.05) is 0 Å². The molecule has 88 valence electrons. The number of H-pyrrole nitrogens is 1. The number of halogens is 1. The van der Waals surface area contributed by atoms with Crippen LogP contribution < -0.4 is 5.32 Å². The Hall–Kier alpha value is -1.56. The highest BCUT2D eigenvalue weighted by Gasteiger charge is 2.13. The van der Waals surface area contributed by atoms with Crippen molar-refractivity contribution in [3.8, 4) is 0 Å². The first-order valence-corrected chi connectivity index (χ1v) is 5.19. The van der Waals surface area contributed by atoms with E-state index >= 15 is 0 Å². The summed E-state index contributed by atoms with van der Waals surface area (Å²) in [7, 11) is 0. The van der Waals surface area contributed by atoms with Crippen LogP contribution in [0.3, 0.4) is 0 Å². The molecule has 0 radical (unpaired) electrons. The van der Waals surface area contributed by atoms with Crippen molar-refractivity contribution in [2.75, 3.05) is 6.54 Å². The molecule has 1 aromatic heterocycles. The molecule has 1 rings (SSSR count). The molecule has 1 amide bonds. The van der Waals surface area contributed by atoms with Gasteiger partial charge in [0.1, 0.15) is 5.69 Å². The van der Waals surface area contributed by atoms with Crippen LogP contribution in [0.4, 0.5) is 5.69 Å². The molecule has 0 saturated heterocycles. The van der Waals surface area contributed by atoms with Crippen molar-refractivity contribution in [3.63, 3.8) is 0 Å². The summed E-state index contributed by atoms with van der Waals surface area (Å²) in [6, 6.07) is 1.19. The molecule has 0 aromatic carbocycles. The number of alkyl halides is 1. The minimum Gasteiger partial charge on any atom is -0.351 e. The van der Waals surface area contributed by atoms with Gasteiger partial charge in [-0.3, -0.25) is 14.9 Å². The number of hydrogen-bond acceptors (Lipinski definition) is 3. The number of hydrogen-bond donors (Lipinski definition) is 2. The fraction of sp³-hybridized carbons (Fsp3) is 0.444. The Morgan fingerprint density at radius 1 is 1.75 bits per heavy atom. The number of carbonyl (C=O) groups is 1. The standard InChI is InChI=1S/C9H12ClN3O3/c1-6(10)2-3-11-9(14)8-4-7(5-12-8)13(15)16/h4-6,12H,2-3H2,1H3,(H,11,14). The van der Waals surface area contributed by atoms with Gasteiger partial charge in [-0.2, -0.15) is 0 Å². The van der Waals surface area contributed by atoms with Gasteiger partial charge in [0, 0.05) is 18.0 Å². The average Bonchev–Trinajstić information content (AvgIpc) is 2.65. The van der Waals surface area contributed by atoms with Crippen LogP contribution >= 0.6 is 11.6 Å². The van der Waals surface area contributed by atoms with E-state index in [2.05, 4.69) is 10.3 Å². The number of amides is 1. The first-order valence-electron chi connectivity index (χ1n) is 4.75. The quantitative estimate of drug-likeness (QED) is 0.470. The summed E-state index contributed by atoms with van der Waals surface area (Å²) in [6.07, 6.45) is 1.83. The van der Waals surface area contributed by atoms with Gasteiger partial charge in [-0.05, 0) is 13.3 Å². The fourth-order valence-corrected chi connectivity index (χ4v) is 1.21. The van der Waals surface area contributed by atoms with Crippen LogP contribution in [0, 0.1) is 10.1 Å². The largest absolute Gasteiger partial charge is 0.351 e. The lowest BCUT2D eigenvalue weighted by atomic mass is 10.3. The summed E-state index contributed by atoms with van der Waals surface area (Å²) in [5, 5.41) is 13.0. The number of nitro groups is 1. The van der Waals surface area contributed by atoms with Crippen molar-refractivity contribution in [2.45, 2.75) is 18.7 Å².